The molecule has 0 amide bonds. The molecule has 0 spiro atoms. The molecule has 0 bridgehead atoms. The number of aromatic nitrogens is 4. The van der Waals surface area contributed by atoms with Gasteiger partial charge in [0.25, 0.3) is 0 Å². The van der Waals surface area contributed by atoms with E-state index in [2.05, 4.69) is 20.3 Å². The molecule has 3 heterocycles. The van der Waals surface area contributed by atoms with E-state index in [1.54, 1.807) is 24.3 Å². The van der Waals surface area contributed by atoms with Crippen molar-refractivity contribution in [3.05, 3.63) is 48.5 Å². The van der Waals surface area contributed by atoms with E-state index in [1.807, 2.05) is 6.07 Å². The first-order chi connectivity index (χ1) is 14.5. The largest absolute Gasteiger partial charge is 0.394 e. The third kappa shape index (κ3) is 3.62. The minimum Gasteiger partial charge on any atom is -0.394 e. The summed E-state index contributed by atoms with van der Waals surface area (Å²) in [5, 5.41) is 53.0. The fourth-order valence-corrected chi connectivity index (χ4v) is 3.54. The number of ether oxygens (including phenoxy) is 1. The second kappa shape index (κ2) is 8.60. The second-order valence-electron chi connectivity index (χ2n) is 7.06. The summed E-state index contributed by atoms with van der Waals surface area (Å²) in [4.78, 5) is 12.6. The van der Waals surface area contributed by atoms with Crippen molar-refractivity contribution >= 4 is 17.0 Å². The zero-order valence-corrected chi connectivity index (χ0v) is 15.9. The van der Waals surface area contributed by atoms with Gasteiger partial charge in [0, 0.05) is 0 Å². The Balaban J connectivity index is 1.62. The van der Waals surface area contributed by atoms with E-state index in [1.165, 1.54) is 17.2 Å². The summed E-state index contributed by atoms with van der Waals surface area (Å²) >= 11 is 0. The number of nitrogens with one attached hydrogen (secondary N) is 1. The highest BCUT2D eigenvalue weighted by Crippen LogP contribution is 2.32. The lowest BCUT2D eigenvalue weighted by Gasteiger charge is -2.23. The van der Waals surface area contributed by atoms with Crippen LogP contribution in [0.3, 0.4) is 0 Å². The standard InChI is InChI=1S/C19H23N5O6/c25-6-11(14(27)10-4-2-1-3-5-10)23-17-13-18(21-8-20-17)24(9-22-13)19-16(29)15(28)12(7-26)30-19/h1-5,8-9,11-12,14-16,19,25-29H,6-7H2,(H,20,21,23)/t11-,12-,14-,15+,16+,19-/m1/s1. The number of hydrogen-bond donors (Lipinski definition) is 6. The van der Waals surface area contributed by atoms with Crippen LogP contribution in [0.25, 0.3) is 11.2 Å². The Morgan fingerprint density at radius 1 is 1.07 bits per heavy atom. The van der Waals surface area contributed by atoms with Crippen LogP contribution in [-0.4, -0.2) is 82.6 Å². The molecule has 11 nitrogen and oxygen atoms in total. The van der Waals surface area contributed by atoms with Gasteiger partial charge in [-0.05, 0) is 5.56 Å². The molecule has 11 heteroatoms. The number of benzene rings is 1. The maximum absolute atomic E-state index is 10.6. The van der Waals surface area contributed by atoms with Gasteiger partial charge in [0.2, 0.25) is 0 Å². The van der Waals surface area contributed by atoms with E-state index in [-0.39, 0.29) is 12.4 Å². The Hall–Kier alpha value is -2.67. The predicted molar refractivity (Wildman–Crippen MR) is 104 cm³/mol. The van der Waals surface area contributed by atoms with Crippen LogP contribution in [0.15, 0.2) is 43.0 Å². The maximum Gasteiger partial charge on any atom is 0.167 e. The van der Waals surface area contributed by atoms with Crippen molar-refractivity contribution in [2.75, 3.05) is 18.5 Å². The SMILES string of the molecule is OC[C@@H](Nc1ncnc2c1ncn2[C@@H]1O[C@H](CO)[C@H](O)[C@@H]1O)[C@H](O)c1ccccc1. The number of anilines is 1. The Morgan fingerprint density at radius 2 is 1.83 bits per heavy atom. The van der Waals surface area contributed by atoms with Crippen LogP contribution in [0.5, 0.6) is 0 Å². The highest BCUT2D eigenvalue weighted by molar-refractivity contribution is 5.82. The highest BCUT2D eigenvalue weighted by atomic mass is 16.6. The Morgan fingerprint density at radius 3 is 2.50 bits per heavy atom. The van der Waals surface area contributed by atoms with Crippen LogP contribution in [-0.2, 0) is 4.74 Å². The van der Waals surface area contributed by atoms with Crippen molar-refractivity contribution < 1.29 is 30.3 Å². The lowest BCUT2D eigenvalue weighted by atomic mass is 10.0. The van der Waals surface area contributed by atoms with Crippen LogP contribution in [0, 0.1) is 0 Å². The van der Waals surface area contributed by atoms with Gasteiger partial charge in [-0.1, -0.05) is 30.3 Å². The van der Waals surface area contributed by atoms with E-state index >= 15 is 0 Å². The molecule has 1 aliphatic heterocycles. The number of hydrogen-bond acceptors (Lipinski definition) is 10. The lowest BCUT2D eigenvalue weighted by molar-refractivity contribution is -0.0511. The van der Waals surface area contributed by atoms with Gasteiger partial charge < -0.3 is 35.6 Å². The summed E-state index contributed by atoms with van der Waals surface area (Å²) in [6.45, 7) is -0.810. The minimum absolute atomic E-state index is 0.277. The van der Waals surface area contributed by atoms with E-state index in [0.717, 1.165) is 0 Å². The molecule has 1 fully saturated rings. The fraction of sp³-hybridized carbons (Fsp3) is 0.421. The van der Waals surface area contributed by atoms with E-state index in [4.69, 9.17) is 4.74 Å². The second-order valence-corrected chi connectivity index (χ2v) is 7.06. The van der Waals surface area contributed by atoms with Crippen LogP contribution < -0.4 is 5.32 Å². The van der Waals surface area contributed by atoms with Gasteiger partial charge in [-0.25, -0.2) is 15.0 Å². The molecule has 1 aromatic carbocycles. The van der Waals surface area contributed by atoms with E-state index in [9.17, 15) is 25.5 Å². The molecule has 1 aliphatic rings. The normalized spacial score (nSPS) is 26.0. The van der Waals surface area contributed by atoms with Gasteiger partial charge in [0.15, 0.2) is 23.2 Å². The average molecular weight is 417 g/mol. The van der Waals surface area contributed by atoms with Gasteiger partial charge in [-0.3, -0.25) is 4.57 Å². The summed E-state index contributed by atoms with van der Waals surface area (Å²) in [6, 6.07) is 8.15. The summed E-state index contributed by atoms with van der Waals surface area (Å²) < 4.78 is 6.98. The lowest BCUT2D eigenvalue weighted by Crippen LogP contribution is -2.33. The number of fused-ring (bicyclic) bond motifs is 1. The highest BCUT2D eigenvalue weighted by Gasteiger charge is 2.44. The van der Waals surface area contributed by atoms with Gasteiger partial charge >= 0.3 is 0 Å². The first-order valence-electron chi connectivity index (χ1n) is 9.45. The van der Waals surface area contributed by atoms with Crippen molar-refractivity contribution in [1.82, 2.24) is 19.5 Å². The average Bonchev–Trinajstić information content (AvgIpc) is 3.33. The van der Waals surface area contributed by atoms with Gasteiger partial charge in [0.05, 0.1) is 25.6 Å². The molecular formula is C19H23N5O6. The number of nitrogens with zero attached hydrogens (tertiary/aromatic N) is 4. The predicted octanol–water partition coefficient (Wildman–Crippen LogP) is -1.06. The van der Waals surface area contributed by atoms with E-state index in [0.29, 0.717) is 16.7 Å². The molecular weight excluding hydrogens is 394 g/mol. The maximum atomic E-state index is 10.6. The van der Waals surface area contributed by atoms with Crippen molar-refractivity contribution in [1.29, 1.82) is 0 Å². The summed E-state index contributed by atoms with van der Waals surface area (Å²) in [5.74, 6) is 0.277. The minimum atomic E-state index is -1.28. The van der Waals surface area contributed by atoms with Gasteiger partial charge in [0.1, 0.15) is 30.7 Å². The van der Waals surface area contributed by atoms with E-state index < -0.39 is 43.3 Å². The van der Waals surface area contributed by atoms with Gasteiger partial charge in [-0.15, -0.1) is 0 Å². The first-order valence-corrected chi connectivity index (χ1v) is 9.45. The summed E-state index contributed by atoms with van der Waals surface area (Å²) in [5.41, 5.74) is 1.27. The third-order valence-electron chi connectivity index (χ3n) is 5.19. The summed E-state index contributed by atoms with van der Waals surface area (Å²) in [6.07, 6.45) is -2.80. The van der Waals surface area contributed by atoms with Crippen LogP contribution >= 0.6 is 0 Å². The molecule has 2 aromatic heterocycles. The zero-order valence-electron chi connectivity index (χ0n) is 15.9. The van der Waals surface area contributed by atoms with Crippen LogP contribution in [0.2, 0.25) is 0 Å². The molecule has 0 saturated carbocycles. The van der Waals surface area contributed by atoms with Crippen molar-refractivity contribution in [3.8, 4) is 0 Å². The molecule has 0 aliphatic carbocycles. The van der Waals surface area contributed by atoms with Crippen molar-refractivity contribution in [2.24, 2.45) is 0 Å². The van der Waals surface area contributed by atoms with Crippen molar-refractivity contribution in [2.45, 2.75) is 36.7 Å². The topological polar surface area (TPSA) is 166 Å². The molecule has 4 rings (SSSR count). The fourth-order valence-electron chi connectivity index (χ4n) is 3.54. The van der Waals surface area contributed by atoms with Crippen LogP contribution in [0.1, 0.15) is 17.9 Å². The number of aliphatic hydroxyl groups is 5. The quantitative estimate of drug-likeness (QED) is 0.279. The first kappa shape index (κ1) is 20.6. The third-order valence-corrected chi connectivity index (χ3v) is 5.19. The number of aliphatic hydroxyl groups excluding tert-OH is 5. The molecule has 6 atom stereocenters. The Labute approximate surface area is 171 Å². The zero-order chi connectivity index (χ0) is 21.3. The molecule has 0 radical (unpaired) electrons. The molecule has 1 saturated heterocycles. The van der Waals surface area contributed by atoms with Crippen molar-refractivity contribution in [3.63, 3.8) is 0 Å². The smallest absolute Gasteiger partial charge is 0.167 e. The molecule has 3 aromatic rings. The molecule has 0 unspecified atom stereocenters. The Kier molecular flexibility index (Phi) is 5.90. The number of imidazole rings is 1. The molecule has 6 N–H and O–H groups in total. The number of rotatable bonds is 7. The molecule has 30 heavy (non-hydrogen) atoms. The van der Waals surface area contributed by atoms with Gasteiger partial charge in [-0.2, -0.15) is 0 Å². The Bertz CT molecular complexity index is 986. The monoisotopic (exact) mass is 417 g/mol. The molecule has 160 valence electrons. The summed E-state index contributed by atoms with van der Waals surface area (Å²) in [7, 11) is 0. The van der Waals surface area contributed by atoms with Crippen LogP contribution in [0.4, 0.5) is 5.82 Å².